The molecule has 1 aromatic rings. The van der Waals surface area contributed by atoms with E-state index >= 15 is 0 Å². The van der Waals surface area contributed by atoms with E-state index < -0.39 is 0 Å². The molecule has 4 heteroatoms. The van der Waals surface area contributed by atoms with Crippen molar-refractivity contribution in [2.24, 2.45) is 0 Å². The van der Waals surface area contributed by atoms with Crippen molar-refractivity contribution in [3.05, 3.63) is 23.4 Å². The smallest absolute Gasteiger partial charge is 0.254 e. The number of carbonyl (C=O) groups excluding carboxylic acids is 1. The number of amides is 1. The van der Waals surface area contributed by atoms with Crippen molar-refractivity contribution in [2.45, 2.75) is 39.0 Å². The fraction of sp³-hybridized carbons (Fsp3) is 0.571. The quantitative estimate of drug-likeness (QED) is 0.873. The predicted octanol–water partition coefficient (Wildman–Crippen LogP) is 2.41. The van der Waals surface area contributed by atoms with Gasteiger partial charge in [-0.05, 0) is 37.3 Å². The summed E-state index contributed by atoms with van der Waals surface area (Å²) in [5, 5.41) is 0. The van der Waals surface area contributed by atoms with Crippen LogP contribution < -0.4 is 5.73 Å². The molecule has 0 bridgehead atoms. The van der Waals surface area contributed by atoms with Gasteiger partial charge in [-0.1, -0.05) is 13.8 Å². The number of hydrogen-bond acceptors (Lipinski definition) is 3. The second-order valence-corrected chi connectivity index (χ2v) is 5.21. The Balaban J connectivity index is 2.23. The zero-order chi connectivity index (χ0) is 13.1. The summed E-state index contributed by atoms with van der Waals surface area (Å²) in [7, 11) is 0. The van der Waals surface area contributed by atoms with Crippen LogP contribution in [0.3, 0.4) is 0 Å². The lowest BCUT2D eigenvalue weighted by Crippen LogP contribution is -2.35. The van der Waals surface area contributed by atoms with Crippen molar-refractivity contribution in [1.82, 2.24) is 9.88 Å². The standard InChI is InChI=1S/C14H21N3O/c1-10(2)12-8-11(9-13(15)16-12)14(18)17-6-4-3-5-7-17/h8-10H,3-7H2,1-2H3,(H2,15,16). The molecule has 0 unspecified atom stereocenters. The van der Waals surface area contributed by atoms with Gasteiger partial charge in [0, 0.05) is 24.3 Å². The first-order valence-corrected chi connectivity index (χ1v) is 6.64. The molecule has 0 radical (unpaired) electrons. The van der Waals surface area contributed by atoms with E-state index in [4.69, 9.17) is 5.73 Å². The van der Waals surface area contributed by atoms with Crippen molar-refractivity contribution < 1.29 is 4.79 Å². The van der Waals surface area contributed by atoms with Gasteiger partial charge < -0.3 is 10.6 Å². The molecule has 18 heavy (non-hydrogen) atoms. The van der Waals surface area contributed by atoms with Crippen LogP contribution in [0, 0.1) is 0 Å². The normalized spacial score (nSPS) is 16.1. The summed E-state index contributed by atoms with van der Waals surface area (Å²) >= 11 is 0. The molecule has 1 amide bonds. The summed E-state index contributed by atoms with van der Waals surface area (Å²) in [6.07, 6.45) is 3.42. The predicted molar refractivity (Wildman–Crippen MR) is 72.5 cm³/mol. The van der Waals surface area contributed by atoms with Gasteiger partial charge in [-0.2, -0.15) is 0 Å². The Bertz CT molecular complexity index is 437. The van der Waals surface area contributed by atoms with Crippen molar-refractivity contribution >= 4 is 11.7 Å². The molecule has 0 spiro atoms. The number of aromatic nitrogens is 1. The highest BCUT2D eigenvalue weighted by molar-refractivity contribution is 5.95. The molecular weight excluding hydrogens is 226 g/mol. The molecule has 98 valence electrons. The number of nitrogen functional groups attached to an aromatic ring is 1. The lowest BCUT2D eigenvalue weighted by atomic mass is 10.1. The van der Waals surface area contributed by atoms with E-state index in [0.717, 1.165) is 31.6 Å². The van der Waals surface area contributed by atoms with E-state index in [1.807, 2.05) is 11.0 Å². The van der Waals surface area contributed by atoms with Crippen molar-refractivity contribution in [1.29, 1.82) is 0 Å². The Hall–Kier alpha value is -1.58. The monoisotopic (exact) mass is 247 g/mol. The number of carbonyl (C=O) groups is 1. The van der Waals surface area contributed by atoms with Crippen molar-refractivity contribution in [2.75, 3.05) is 18.8 Å². The minimum atomic E-state index is 0.0886. The molecule has 1 aliphatic rings. The maximum absolute atomic E-state index is 12.4. The highest BCUT2D eigenvalue weighted by atomic mass is 16.2. The highest BCUT2D eigenvalue weighted by Crippen LogP contribution is 2.19. The summed E-state index contributed by atoms with van der Waals surface area (Å²) in [4.78, 5) is 18.6. The molecule has 1 fully saturated rings. The number of pyridine rings is 1. The molecular formula is C14H21N3O. The fourth-order valence-electron chi connectivity index (χ4n) is 2.27. The topological polar surface area (TPSA) is 59.2 Å². The first-order valence-electron chi connectivity index (χ1n) is 6.64. The van der Waals surface area contributed by atoms with Gasteiger partial charge in [-0.25, -0.2) is 4.98 Å². The number of nitrogens with zero attached hydrogens (tertiary/aromatic N) is 2. The Morgan fingerprint density at radius 1 is 1.28 bits per heavy atom. The molecule has 2 heterocycles. The third kappa shape index (κ3) is 2.81. The molecule has 2 rings (SSSR count). The van der Waals surface area contributed by atoms with Gasteiger partial charge in [-0.15, -0.1) is 0 Å². The molecule has 0 aliphatic carbocycles. The molecule has 1 saturated heterocycles. The van der Waals surface area contributed by atoms with Gasteiger partial charge in [0.05, 0.1) is 0 Å². The van der Waals surface area contributed by atoms with E-state index in [2.05, 4.69) is 18.8 Å². The van der Waals surface area contributed by atoms with Gasteiger partial charge in [0.25, 0.3) is 5.91 Å². The van der Waals surface area contributed by atoms with Crippen molar-refractivity contribution in [3.8, 4) is 0 Å². The first-order chi connectivity index (χ1) is 8.58. The summed E-state index contributed by atoms with van der Waals surface area (Å²) in [5.74, 6) is 0.800. The van der Waals surface area contributed by atoms with Crippen LogP contribution in [0.2, 0.25) is 0 Å². The third-order valence-electron chi connectivity index (χ3n) is 3.35. The van der Waals surface area contributed by atoms with E-state index in [9.17, 15) is 4.79 Å². The number of piperidine rings is 1. The minimum absolute atomic E-state index is 0.0886. The molecule has 1 aromatic heterocycles. The average Bonchev–Trinajstić information content (AvgIpc) is 2.38. The van der Waals surface area contributed by atoms with Crippen LogP contribution in [0.1, 0.15) is 55.1 Å². The third-order valence-corrected chi connectivity index (χ3v) is 3.35. The van der Waals surface area contributed by atoms with Gasteiger partial charge in [0.2, 0.25) is 0 Å². The lowest BCUT2D eigenvalue weighted by Gasteiger charge is -2.27. The van der Waals surface area contributed by atoms with Gasteiger partial charge >= 0.3 is 0 Å². The van der Waals surface area contributed by atoms with Crippen LogP contribution in [-0.4, -0.2) is 28.9 Å². The average molecular weight is 247 g/mol. The van der Waals surface area contributed by atoms with Gasteiger partial charge in [0.1, 0.15) is 5.82 Å². The molecule has 2 N–H and O–H groups in total. The number of anilines is 1. The second-order valence-electron chi connectivity index (χ2n) is 5.21. The van der Waals surface area contributed by atoms with Gasteiger partial charge in [-0.3, -0.25) is 4.79 Å². The largest absolute Gasteiger partial charge is 0.384 e. The molecule has 1 aliphatic heterocycles. The second kappa shape index (κ2) is 5.38. The summed E-state index contributed by atoms with van der Waals surface area (Å²) < 4.78 is 0. The molecule has 0 aromatic carbocycles. The maximum Gasteiger partial charge on any atom is 0.254 e. The number of rotatable bonds is 2. The Morgan fingerprint density at radius 3 is 2.56 bits per heavy atom. The van der Waals surface area contributed by atoms with Crippen LogP contribution in [0.4, 0.5) is 5.82 Å². The zero-order valence-electron chi connectivity index (χ0n) is 11.1. The van der Waals surface area contributed by atoms with Crippen LogP contribution in [-0.2, 0) is 0 Å². The molecule has 0 saturated carbocycles. The summed E-state index contributed by atoms with van der Waals surface area (Å²) in [6.45, 7) is 5.82. The zero-order valence-corrected chi connectivity index (χ0v) is 11.1. The van der Waals surface area contributed by atoms with E-state index in [1.54, 1.807) is 6.07 Å². The first kappa shape index (κ1) is 12.9. The highest BCUT2D eigenvalue weighted by Gasteiger charge is 2.19. The molecule has 0 atom stereocenters. The van der Waals surface area contributed by atoms with Crippen molar-refractivity contribution in [3.63, 3.8) is 0 Å². The van der Waals surface area contributed by atoms with Crippen LogP contribution >= 0.6 is 0 Å². The van der Waals surface area contributed by atoms with E-state index in [0.29, 0.717) is 11.4 Å². The SMILES string of the molecule is CC(C)c1cc(C(=O)N2CCCCC2)cc(N)n1. The summed E-state index contributed by atoms with van der Waals surface area (Å²) in [6, 6.07) is 3.56. The Labute approximate surface area is 108 Å². The fourth-order valence-corrected chi connectivity index (χ4v) is 2.27. The van der Waals surface area contributed by atoms with Crippen LogP contribution in [0.25, 0.3) is 0 Å². The molecule has 4 nitrogen and oxygen atoms in total. The minimum Gasteiger partial charge on any atom is -0.384 e. The summed E-state index contributed by atoms with van der Waals surface area (Å²) in [5.41, 5.74) is 7.34. The van der Waals surface area contributed by atoms with Crippen LogP contribution in [0.15, 0.2) is 12.1 Å². The Kier molecular flexibility index (Phi) is 3.84. The van der Waals surface area contributed by atoms with E-state index in [-0.39, 0.29) is 11.8 Å². The van der Waals surface area contributed by atoms with E-state index in [1.165, 1.54) is 6.42 Å². The number of likely N-dealkylation sites (tertiary alicyclic amines) is 1. The number of hydrogen-bond donors (Lipinski definition) is 1. The Morgan fingerprint density at radius 2 is 1.94 bits per heavy atom. The van der Waals surface area contributed by atoms with Crippen LogP contribution in [0.5, 0.6) is 0 Å². The lowest BCUT2D eigenvalue weighted by molar-refractivity contribution is 0.0724. The number of nitrogens with two attached hydrogens (primary N) is 1. The van der Waals surface area contributed by atoms with Gasteiger partial charge in [0.15, 0.2) is 0 Å². The maximum atomic E-state index is 12.4.